The van der Waals surface area contributed by atoms with Gasteiger partial charge >= 0.3 is 0 Å². The van der Waals surface area contributed by atoms with Gasteiger partial charge in [0.25, 0.3) is 0 Å². The molecule has 4 nitrogen and oxygen atoms in total. The number of nitrogens with zero attached hydrogens (tertiary/aromatic N) is 1. The fraction of sp³-hybridized carbons (Fsp3) is 0.800. The van der Waals surface area contributed by atoms with E-state index in [2.05, 4.69) is 6.08 Å². The Balaban J connectivity index is 1.54. The molecule has 2 aliphatic heterocycles. The molecular formula is C15H23NO3. The summed E-state index contributed by atoms with van der Waals surface area (Å²) in [4.78, 5) is 14.2. The Kier molecular flexibility index (Phi) is 3.63. The summed E-state index contributed by atoms with van der Waals surface area (Å²) in [5, 5.41) is 0. The average molecular weight is 265 g/mol. The molecule has 0 N–H and O–H groups in total. The van der Waals surface area contributed by atoms with Crippen molar-refractivity contribution < 1.29 is 14.3 Å². The molecule has 0 radical (unpaired) electrons. The zero-order valence-electron chi connectivity index (χ0n) is 11.7. The lowest BCUT2D eigenvalue weighted by Crippen LogP contribution is -2.67. The van der Waals surface area contributed by atoms with E-state index in [4.69, 9.17) is 9.47 Å². The smallest absolute Gasteiger partial charge is 0.249 e. The normalized spacial score (nSPS) is 29.2. The van der Waals surface area contributed by atoms with Crippen molar-refractivity contribution in [2.45, 2.75) is 50.7 Å². The molecule has 106 valence electrons. The maximum Gasteiger partial charge on any atom is 0.249 e. The number of ether oxygens (including phenoxy) is 2. The van der Waals surface area contributed by atoms with Crippen LogP contribution in [0.2, 0.25) is 0 Å². The lowest BCUT2D eigenvalue weighted by molar-refractivity contribution is -0.198. The van der Waals surface area contributed by atoms with Gasteiger partial charge in [-0.25, -0.2) is 0 Å². The van der Waals surface area contributed by atoms with Crippen molar-refractivity contribution in [3.8, 4) is 0 Å². The van der Waals surface area contributed by atoms with E-state index in [-0.39, 0.29) is 11.5 Å². The molecule has 2 saturated heterocycles. The van der Waals surface area contributed by atoms with Crippen molar-refractivity contribution in [2.24, 2.45) is 0 Å². The number of carbonyl (C=O) groups is 1. The molecule has 2 fully saturated rings. The fourth-order valence-electron chi connectivity index (χ4n) is 3.44. The van der Waals surface area contributed by atoms with E-state index in [9.17, 15) is 4.79 Å². The molecule has 19 heavy (non-hydrogen) atoms. The van der Waals surface area contributed by atoms with Crippen molar-refractivity contribution in [1.82, 2.24) is 4.90 Å². The van der Waals surface area contributed by atoms with E-state index in [1.807, 2.05) is 11.8 Å². The van der Waals surface area contributed by atoms with Crippen LogP contribution < -0.4 is 0 Å². The minimum atomic E-state index is -0.118. The molecule has 4 heteroatoms. The molecule has 2 heterocycles. The third-order valence-electron chi connectivity index (χ3n) is 4.41. The van der Waals surface area contributed by atoms with Crippen molar-refractivity contribution in [2.75, 3.05) is 26.3 Å². The minimum absolute atomic E-state index is 0.118. The summed E-state index contributed by atoms with van der Waals surface area (Å²) in [6.07, 6.45) is 7.45. The topological polar surface area (TPSA) is 38.8 Å². The highest BCUT2D eigenvalue weighted by Crippen LogP contribution is 2.36. The Morgan fingerprint density at radius 2 is 2.42 bits per heavy atom. The summed E-state index contributed by atoms with van der Waals surface area (Å²) < 4.78 is 11.6. The molecule has 0 bridgehead atoms. The number of allylic oxidation sites excluding steroid dienone is 1. The van der Waals surface area contributed by atoms with Crippen LogP contribution in [0.25, 0.3) is 0 Å². The van der Waals surface area contributed by atoms with Gasteiger partial charge in [-0.2, -0.15) is 0 Å². The van der Waals surface area contributed by atoms with E-state index >= 15 is 0 Å². The lowest BCUT2D eigenvalue weighted by Gasteiger charge is -2.53. The monoisotopic (exact) mass is 265 g/mol. The highest BCUT2D eigenvalue weighted by atomic mass is 16.5. The Morgan fingerprint density at radius 3 is 3.11 bits per heavy atom. The molecule has 0 saturated carbocycles. The average Bonchev–Trinajstić information content (AvgIpc) is 2.89. The van der Waals surface area contributed by atoms with Gasteiger partial charge in [0, 0.05) is 25.2 Å². The molecule has 3 aliphatic rings. The van der Waals surface area contributed by atoms with Crippen LogP contribution in [0.4, 0.5) is 0 Å². The van der Waals surface area contributed by atoms with Gasteiger partial charge in [0.1, 0.15) is 5.60 Å². The van der Waals surface area contributed by atoms with Crippen LogP contribution in [0.1, 0.15) is 39.0 Å². The van der Waals surface area contributed by atoms with E-state index in [0.29, 0.717) is 6.10 Å². The highest BCUT2D eigenvalue weighted by molar-refractivity contribution is 5.94. The third-order valence-corrected chi connectivity index (χ3v) is 4.41. The van der Waals surface area contributed by atoms with Crippen molar-refractivity contribution in [3.63, 3.8) is 0 Å². The summed E-state index contributed by atoms with van der Waals surface area (Å²) in [6, 6.07) is 0. The lowest BCUT2D eigenvalue weighted by atomic mass is 9.84. The molecule has 3 rings (SSSR count). The van der Waals surface area contributed by atoms with Crippen LogP contribution in [0.15, 0.2) is 11.6 Å². The van der Waals surface area contributed by atoms with Gasteiger partial charge in [-0.05, 0) is 32.6 Å². The zero-order valence-corrected chi connectivity index (χ0v) is 11.7. The molecule has 0 unspecified atom stereocenters. The van der Waals surface area contributed by atoms with E-state index in [0.717, 1.165) is 64.0 Å². The Morgan fingerprint density at radius 1 is 1.58 bits per heavy atom. The number of rotatable bonds is 3. The number of amides is 1. The van der Waals surface area contributed by atoms with Crippen molar-refractivity contribution in [1.29, 1.82) is 0 Å². The Labute approximate surface area is 114 Å². The minimum Gasteiger partial charge on any atom is -0.378 e. The predicted octanol–water partition coefficient (Wildman–Crippen LogP) is 1.89. The van der Waals surface area contributed by atoms with Gasteiger partial charge in [0.05, 0.1) is 19.2 Å². The third kappa shape index (κ3) is 2.56. The first-order chi connectivity index (χ1) is 9.22. The van der Waals surface area contributed by atoms with E-state index in [1.165, 1.54) is 0 Å². The number of likely N-dealkylation sites (tertiary alicyclic amines) is 1. The molecule has 1 amide bonds. The summed E-state index contributed by atoms with van der Waals surface area (Å²) in [6.45, 7) is 5.04. The second kappa shape index (κ2) is 5.25. The molecular weight excluding hydrogens is 242 g/mol. The van der Waals surface area contributed by atoms with Crippen LogP contribution in [0, 0.1) is 0 Å². The number of hydrogen-bond donors (Lipinski definition) is 0. The van der Waals surface area contributed by atoms with Crippen LogP contribution in [-0.4, -0.2) is 48.8 Å². The van der Waals surface area contributed by atoms with Gasteiger partial charge in [0.15, 0.2) is 0 Å². The Bertz CT molecular complexity index is 383. The van der Waals surface area contributed by atoms with Crippen LogP contribution in [-0.2, 0) is 14.3 Å². The van der Waals surface area contributed by atoms with Gasteiger partial charge in [-0.15, -0.1) is 0 Å². The second-order valence-electron chi connectivity index (χ2n) is 5.88. The first-order valence-electron chi connectivity index (χ1n) is 7.46. The van der Waals surface area contributed by atoms with E-state index in [1.54, 1.807) is 0 Å². The number of carbonyl (C=O) groups excluding carboxylic acids is 1. The predicted molar refractivity (Wildman–Crippen MR) is 71.8 cm³/mol. The zero-order chi connectivity index (χ0) is 13.3. The molecule has 1 spiro atoms. The molecule has 0 aromatic heterocycles. The molecule has 1 atom stereocenters. The quantitative estimate of drug-likeness (QED) is 0.782. The van der Waals surface area contributed by atoms with Gasteiger partial charge in [-0.1, -0.05) is 6.08 Å². The molecule has 0 aromatic carbocycles. The maximum absolute atomic E-state index is 12.2. The van der Waals surface area contributed by atoms with Crippen molar-refractivity contribution in [3.05, 3.63) is 11.6 Å². The van der Waals surface area contributed by atoms with Crippen molar-refractivity contribution >= 4 is 5.91 Å². The SMILES string of the molecule is CCO[C@H]1CCOC2(C1)CN(C(=O)C1=CCCC1)C2. The van der Waals surface area contributed by atoms with Crippen LogP contribution in [0.3, 0.4) is 0 Å². The largest absolute Gasteiger partial charge is 0.378 e. The Hall–Kier alpha value is -0.870. The van der Waals surface area contributed by atoms with Gasteiger partial charge in [0.2, 0.25) is 5.91 Å². The second-order valence-corrected chi connectivity index (χ2v) is 5.88. The fourth-order valence-corrected chi connectivity index (χ4v) is 3.44. The van der Waals surface area contributed by atoms with Crippen LogP contribution >= 0.6 is 0 Å². The standard InChI is InChI=1S/C15H23NO3/c1-2-18-13-7-8-19-15(9-13)10-16(11-15)14(17)12-5-3-4-6-12/h5,13H,2-4,6-11H2,1H3/t13-/m0/s1. The summed E-state index contributed by atoms with van der Waals surface area (Å²) in [5.41, 5.74) is 0.888. The van der Waals surface area contributed by atoms with Crippen LogP contribution in [0.5, 0.6) is 0 Å². The first kappa shape index (κ1) is 13.1. The number of hydrogen-bond acceptors (Lipinski definition) is 3. The van der Waals surface area contributed by atoms with E-state index < -0.39 is 0 Å². The molecule has 1 aliphatic carbocycles. The highest BCUT2D eigenvalue weighted by Gasteiger charge is 2.49. The summed E-state index contributed by atoms with van der Waals surface area (Å²) >= 11 is 0. The first-order valence-corrected chi connectivity index (χ1v) is 7.46. The maximum atomic E-state index is 12.2. The summed E-state index contributed by atoms with van der Waals surface area (Å²) in [5.74, 6) is 0.227. The summed E-state index contributed by atoms with van der Waals surface area (Å²) in [7, 11) is 0. The van der Waals surface area contributed by atoms with Gasteiger partial charge in [-0.3, -0.25) is 4.79 Å². The molecule has 0 aromatic rings. The van der Waals surface area contributed by atoms with Gasteiger partial charge < -0.3 is 14.4 Å².